The summed E-state index contributed by atoms with van der Waals surface area (Å²) in [7, 11) is 3.18. The van der Waals surface area contributed by atoms with Gasteiger partial charge in [0.1, 0.15) is 0 Å². The minimum absolute atomic E-state index is 0.130. The van der Waals surface area contributed by atoms with Crippen LogP contribution in [0.15, 0.2) is 18.2 Å². The van der Waals surface area contributed by atoms with Gasteiger partial charge in [-0.05, 0) is 58.0 Å². The Hall–Kier alpha value is -1.55. The Balaban J connectivity index is 2.25. The van der Waals surface area contributed by atoms with Crippen molar-refractivity contribution in [1.82, 2.24) is 4.90 Å². The van der Waals surface area contributed by atoms with Crippen molar-refractivity contribution in [2.24, 2.45) is 0 Å². The van der Waals surface area contributed by atoms with Crippen molar-refractivity contribution in [1.29, 1.82) is 0 Å². The molecule has 0 bridgehead atoms. The Labute approximate surface area is 127 Å². The van der Waals surface area contributed by atoms with E-state index in [-0.39, 0.29) is 5.78 Å². The van der Waals surface area contributed by atoms with E-state index < -0.39 is 5.54 Å². The lowest BCUT2D eigenvalue weighted by molar-refractivity contribution is 0.0579. The molecule has 1 fully saturated rings. The average molecular weight is 291 g/mol. The molecule has 0 radical (unpaired) electrons. The zero-order valence-corrected chi connectivity index (χ0v) is 13.4. The number of nitrogens with zero attached hydrogens (tertiary/aromatic N) is 1. The SMILES string of the molecule is COc1ccc(C(=O)C(C)(C)N2CCCCC2)cc1OC. The number of likely N-dealkylation sites (tertiary alicyclic amines) is 1. The summed E-state index contributed by atoms with van der Waals surface area (Å²) >= 11 is 0. The van der Waals surface area contributed by atoms with Crippen molar-refractivity contribution in [3.05, 3.63) is 23.8 Å². The first-order valence-electron chi connectivity index (χ1n) is 7.52. The van der Waals surface area contributed by atoms with Gasteiger partial charge >= 0.3 is 0 Å². The smallest absolute Gasteiger partial charge is 0.182 e. The van der Waals surface area contributed by atoms with Gasteiger partial charge in [-0.15, -0.1) is 0 Å². The van der Waals surface area contributed by atoms with Crippen molar-refractivity contribution in [2.75, 3.05) is 27.3 Å². The quantitative estimate of drug-likeness (QED) is 0.781. The second-order valence-electron chi connectivity index (χ2n) is 6.01. The molecule has 0 aromatic heterocycles. The number of hydrogen-bond acceptors (Lipinski definition) is 4. The highest BCUT2D eigenvalue weighted by molar-refractivity contribution is 6.03. The van der Waals surface area contributed by atoms with Gasteiger partial charge in [-0.1, -0.05) is 6.42 Å². The van der Waals surface area contributed by atoms with Crippen LogP contribution in [0, 0.1) is 0 Å². The highest BCUT2D eigenvalue weighted by Crippen LogP contribution is 2.31. The number of Topliss-reactive ketones (excluding diaryl/α,β-unsaturated/α-hetero) is 1. The largest absolute Gasteiger partial charge is 0.493 e. The second-order valence-corrected chi connectivity index (χ2v) is 6.01. The van der Waals surface area contributed by atoms with Crippen LogP contribution < -0.4 is 9.47 Å². The van der Waals surface area contributed by atoms with Gasteiger partial charge in [0.05, 0.1) is 19.8 Å². The molecule has 1 aliphatic rings. The molecule has 1 aromatic rings. The number of piperidine rings is 1. The molecule has 0 atom stereocenters. The molecule has 116 valence electrons. The maximum absolute atomic E-state index is 12.9. The van der Waals surface area contributed by atoms with Crippen LogP contribution in [-0.4, -0.2) is 43.5 Å². The lowest BCUT2D eigenvalue weighted by Gasteiger charge is -2.39. The third kappa shape index (κ3) is 3.21. The van der Waals surface area contributed by atoms with Gasteiger partial charge < -0.3 is 9.47 Å². The molecular weight excluding hydrogens is 266 g/mol. The number of ether oxygens (including phenoxy) is 2. The van der Waals surface area contributed by atoms with Gasteiger partial charge in [0.2, 0.25) is 0 Å². The molecule has 0 N–H and O–H groups in total. The van der Waals surface area contributed by atoms with Crippen LogP contribution in [-0.2, 0) is 0 Å². The summed E-state index contributed by atoms with van der Waals surface area (Å²) in [5, 5.41) is 0. The summed E-state index contributed by atoms with van der Waals surface area (Å²) in [5.74, 6) is 1.37. The third-order valence-corrected chi connectivity index (χ3v) is 4.35. The van der Waals surface area contributed by atoms with Crippen molar-refractivity contribution in [2.45, 2.75) is 38.6 Å². The lowest BCUT2D eigenvalue weighted by atomic mass is 9.89. The summed E-state index contributed by atoms with van der Waals surface area (Å²) in [6.45, 7) is 6.01. The molecule has 0 aliphatic carbocycles. The molecular formula is C17H25NO3. The number of methoxy groups -OCH3 is 2. The van der Waals surface area contributed by atoms with Crippen LogP contribution in [0.1, 0.15) is 43.5 Å². The Kier molecular flexibility index (Phi) is 4.88. The first-order valence-corrected chi connectivity index (χ1v) is 7.52. The number of hydrogen-bond donors (Lipinski definition) is 0. The van der Waals surface area contributed by atoms with E-state index in [4.69, 9.17) is 9.47 Å². The molecule has 4 heteroatoms. The molecule has 0 unspecified atom stereocenters. The molecule has 1 aromatic carbocycles. The van der Waals surface area contributed by atoms with E-state index in [1.807, 2.05) is 19.9 Å². The van der Waals surface area contributed by atoms with E-state index in [0.717, 1.165) is 13.1 Å². The van der Waals surface area contributed by atoms with Crippen LogP contribution in [0.4, 0.5) is 0 Å². The molecule has 1 saturated heterocycles. The van der Waals surface area contributed by atoms with Crippen molar-refractivity contribution >= 4 is 5.78 Å². The fraction of sp³-hybridized carbons (Fsp3) is 0.588. The summed E-state index contributed by atoms with van der Waals surface area (Å²) in [4.78, 5) is 15.2. The average Bonchev–Trinajstić information content (AvgIpc) is 2.54. The molecule has 0 spiro atoms. The predicted molar refractivity (Wildman–Crippen MR) is 83.4 cm³/mol. The Morgan fingerprint density at radius 3 is 2.24 bits per heavy atom. The van der Waals surface area contributed by atoms with E-state index >= 15 is 0 Å². The highest BCUT2D eigenvalue weighted by Gasteiger charge is 2.35. The van der Waals surface area contributed by atoms with Crippen molar-refractivity contribution in [3.8, 4) is 11.5 Å². The maximum atomic E-state index is 12.9. The number of benzene rings is 1. The van der Waals surface area contributed by atoms with Gasteiger partial charge in [0, 0.05) is 5.56 Å². The minimum atomic E-state index is -0.486. The first-order chi connectivity index (χ1) is 10.0. The van der Waals surface area contributed by atoms with E-state index in [9.17, 15) is 4.79 Å². The minimum Gasteiger partial charge on any atom is -0.493 e. The Bertz CT molecular complexity index is 505. The van der Waals surface area contributed by atoms with Crippen LogP contribution in [0.5, 0.6) is 11.5 Å². The van der Waals surface area contributed by atoms with Crippen LogP contribution in [0.2, 0.25) is 0 Å². The Morgan fingerprint density at radius 1 is 1.05 bits per heavy atom. The molecule has 0 saturated carbocycles. The van der Waals surface area contributed by atoms with Gasteiger partial charge in [-0.25, -0.2) is 0 Å². The maximum Gasteiger partial charge on any atom is 0.182 e. The fourth-order valence-electron chi connectivity index (χ4n) is 2.93. The molecule has 1 aliphatic heterocycles. The van der Waals surface area contributed by atoms with Gasteiger partial charge in [-0.2, -0.15) is 0 Å². The highest BCUT2D eigenvalue weighted by atomic mass is 16.5. The molecule has 0 amide bonds. The standard InChI is InChI=1S/C17H25NO3/c1-17(2,18-10-6-5-7-11-18)16(19)13-8-9-14(20-3)15(12-13)21-4/h8-9,12H,5-7,10-11H2,1-4H3. The third-order valence-electron chi connectivity index (χ3n) is 4.35. The van der Waals surface area contributed by atoms with Crippen LogP contribution >= 0.6 is 0 Å². The monoisotopic (exact) mass is 291 g/mol. The van der Waals surface area contributed by atoms with E-state index in [1.165, 1.54) is 19.3 Å². The fourth-order valence-corrected chi connectivity index (χ4v) is 2.93. The number of ketones is 1. The molecule has 1 heterocycles. The van der Waals surface area contributed by atoms with E-state index in [1.54, 1.807) is 26.4 Å². The number of carbonyl (C=O) groups is 1. The molecule has 2 rings (SSSR count). The lowest BCUT2D eigenvalue weighted by Crippen LogP contribution is -2.52. The first kappa shape index (κ1) is 15.8. The topological polar surface area (TPSA) is 38.8 Å². The summed E-state index contributed by atoms with van der Waals surface area (Å²) < 4.78 is 10.5. The van der Waals surface area contributed by atoms with Crippen LogP contribution in [0.3, 0.4) is 0 Å². The van der Waals surface area contributed by atoms with Crippen molar-refractivity contribution < 1.29 is 14.3 Å². The Morgan fingerprint density at radius 2 is 1.67 bits per heavy atom. The second kappa shape index (κ2) is 6.48. The zero-order valence-electron chi connectivity index (χ0n) is 13.4. The predicted octanol–water partition coefficient (Wildman–Crippen LogP) is 3.15. The normalized spacial score (nSPS) is 16.6. The summed E-state index contributed by atoms with van der Waals surface area (Å²) in [5.41, 5.74) is 0.184. The van der Waals surface area contributed by atoms with Crippen molar-refractivity contribution in [3.63, 3.8) is 0 Å². The summed E-state index contributed by atoms with van der Waals surface area (Å²) in [6, 6.07) is 5.38. The number of carbonyl (C=O) groups excluding carboxylic acids is 1. The van der Waals surface area contributed by atoms with Gasteiger partial charge in [-0.3, -0.25) is 9.69 Å². The molecule has 21 heavy (non-hydrogen) atoms. The summed E-state index contributed by atoms with van der Waals surface area (Å²) in [6.07, 6.45) is 3.60. The molecule has 4 nitrogen and oxygen atoms in total. The van der Waals surface area contributed by atoms with Crippen LogP contribution in [0.25, 0.3) is 0 Å². The van der Waals surface area contributed by atoms with Gasteiger partial charge in [0.15, 0.2) is 17.3 Å². The van der Waals surface area contributed by atoms with Gasteiger partial charge in [0.25, 0.3) is 0 Å². The zero-order chi connectivity index (χ0) is 15.5. The van der Waals surface area contributed by atoms with E-state index in [2.05, 4.69) is 4.90 Å². The number of rotatable bonds is 5. The van der Waals surface area contributed by atoms with E-state index in [0.29, 0.717) is 17.1 Å².